The van der Waals surface area contributed by atoms with Gasteiger partial charge in [0, 0.05) is 53.5 Å². The molecule has 0 bridgehead atoms. The molecule has 8 aromatic carbocycles. The minimum atomic E-state index is 1.15. The Balaban J connectivity index is 1.03. The summed E-state index contributed by atoms with van der Waals surface area (Å²) in [6.07, 6.45) is 0. The standard InChI is InChI=1S/C48H29N3S/c1-4-16-39-34(11-1)35-12-2-5-17-40(35)50(39)32-27-28-42-38(29-32)36-13-3-6-18-41(36)49(42)31-25-23-30(24-26-31)33-14-9-20-44-47(33)37-15-10-22-46-48(37)51(44)43-19-7-8-21-45(43)52-46/h1-29H. The molecule has 0 amide bonds. The second-order valence-corrected chi connectivity index (χ2v) is 14.8. The summed E-state index contributed by atoms with van der Waals surface area (Å²) in [6.45, 7) is 0. The third-order valence-electron chi connectivity index (χ3n) is 11.0. The molecule has 0 N–H and O–H groups in total. The van der Waals surface area contributed by atoms with Gasteiger partial charge in [0.2, 0.25) is 0 Å². The van der Waals surface area contributed by atoms with E-state index in [4.69, 9.17) is 0 Å². The first kappa shape index (κ1) is 28.2. The number of fused-ring (bicyclic) bond motifs is 11. The van der Waals surface area contributed by atoms with Crippen LogP contribution in [-0.4, -0.2) is 13.7 Å². The highest BCUT2D eigenvalue weighted by molar-refractivity contribution is 7.99. The van der Waals surface area contributed by atoms with Gasteiger partial charge in [-0.3, -0.25) is 0 Å². The zero-order chi connectivity index (χ0) is 33.9. The van der Waals surface area contributed by atoms with Crippen molar-refractivity contribution in [1.82, 2.24) is 13.7 Å². The van der Waals surface area contributed by atoms with Crippen LogP contribution in [-0.2, 0) is 0 Å². The van der Waals surface area contributed by atoms with Gasteiger partial charge in [-0.05, 0) is 83.9 Å². The van der Waals surface area contributed by atoms with Crippen LogP contribution in [0.3, 0.4) is 0 Å². The Kier molecular flexibility index (Phi) is 5.71. The van der Waals surface area contributed by atoms with E-state index in [2.05, 4.69) is 190 Å². The third kappa shape index (κ3) is 3.77. The van der Waals surface area contributed by atoms with Gasteiger partial charge in [0.15, 0.2) is 0 Å². The average Bonchev–Trinajstić information content (AvgIpc) is 3.85. The number of rotatable bonds is 3. The summed E-state index contributed by atoms with van der Waals surface area (Å²) in [4.78, 5) is 2.60. The molecule has 12 rings (SSSR count). The maximum absolute atomic E-state index is 2.47. The maximum atomic E-state index is 2.47. The van der Waals surface area contributed by atoms with E-state index in [1.807, 2.05) is 11.8 Å². The molecule has 0 saturated carbocycles. The van der Waals surface area contributed by atoms with Crippen LogP contribution in [0.5, 0.6) is 0 Å². The molecule has 11 aromatic rings. The molecule has 0 fully saturated rings. The lowest BCUT2D eigenvalue weighted by molar-refractivity contribution is 1.09. The zero-order valence-corrected chi connectivity index (χ0v) is 28.8. The van der Waals surface area contributed by atoms with Crippen LogP contribution in [0.25, 0.3) is 93.6 Å². The lowest BCUT2D eigenvalue weighted by atomic mass is 9.99. The van der Waals surface area contributed by atoms with Crippen molar-refractivity contribution >= 4 is 77.2 Å². The molecule has 0 aliphatic carbocycles. The van der Waals surface area contributed by atoms with E-state index in [1.165, 1.54) is 97.7 Å². The van der Waals surface area contributed by atoms with Gasteiger partial charge in [0.25, 0.3) is 0 Å². The molecule has 0 radical (unpaired) electrons. The topological polar surface area (TPSA) is 14.8 Å². The highest BCUT2D eigenvalue weighted by Crippen LogP contribution is 2.48. The van der Waals surface area contributed by atoms with Gasteiger partial charge >= 0.3 is 0 Å². The quantitative estimate of drug-likeness (QED) is 0.181. The Morgan fingerprint density at radius 3 is 1.63 bits per heavy atom. The van der Waals surface area contributed by atoms with Crippen molar-refractivity contribution in [2.24, 2.45) is 0 Å². The Morgan fingerprint density at radius 1 is 0.346 bits per heavy atom. The number of para-hydroxylation sites is 5. The first-order valence-corrected chi connectivity index (χ1v) is 18.6. The predicted octanol–water partition coefficient (Wildman–Crippen LogP) is 13.1. The highest BCUT2D eigenvalue weighted by atomic mass is 32.2. The van der Waals surface area contributed by atoms with E-state index >= 15 is 0 Å². The van der Waals surface area contributed by atoms with Gasteiger partial charge < -0.3 is 13.7 Å². The Hall–Kier alpha value is -6.49. The van der Waals surface area contributed by atoms with Crippen molar-refractivity contribution in [3.63, 3.8) is 0 Å². The van der Waals surface area contributed by atoms with E-state index in [9.17, 15) is 0 Å². The SMILES string of the molecule is c1ccc2c(c1)Sc1cccc3c4c(-c5ccc(-n6c7ccccc7c7cc(-n8c9ccccc9c9ccccc98)ccc76)cc5)cccc4n-2c13. The maximum Gasteiger partial charge on any atom is 0.0681 e. The largest absolute Gasteiger partial charge is 0.309 e. The molecule has 0 atom stereocenters. The van der Waals surface area contributed by atoms with Gasteiger partial charge in [-0.25, -0.2) is 0 Å². The fourth-order valence-electron chi connectivity index (χ4n) is 8.87. The summed E-state index contributed by atoms with van der Waals surface area (Å²) in [5, 5.41) is 7.66. The minimum Gasteiger partial charge on any atom is -0.309 e. The summed E-state index contributed by atoms with van der Waals surface area (Å²) in [5.41, 5.74) is 13.5. The van der Waals surface area contributed by atoms with Gasteiger partial charge in [-0.15, -0.1) is 0 Å². The van der Waals surface area contributed by atoms with Crippen molar-refractivity contribution in [3.05, 3.63) is 176 Å². The number of benzene rings is 8. The second kappa shape index (κ2) is 10.5. The Bertz CT molecular complexity index is 3210. The van der Waals surface area contributed by atoms with Crippen LogP contribution in [0.2, 0.25) is 0 Å². The van der Waals surface area contributed by atoms with Crippen molar-refractivity contribution in [2.75, 3.05) is 0 Å². The van der Waals surface area contributed by atoms with Crippen LogP contribution >= 0.6 is 11.8 Å². The predicted molar refractivity (Wildman–Crippen MR) is 219 cm³/mol. The lowest BCUT2D eigenvalue weighted by Crippen LogP contribution is -2.00. The summed E-state index contributed by atoms with van der Waals surface area (Å²) < 4.78 is 7.29. The van der Waals surface area contributed by atoms with E-state index in [1.54, 1.807) is 0 Å². The van der Waals surface area contributed by atoms with E-state index in [0.717, 1.165) is 5.69 Å². The van der Waals surface area contributed by atoms with Gasteiger partial charge in [-0.2, -0.15) is 0 Å². The average molecular weight is 680 g/mol. The Morgan fingerprint density at radius 2 is 0.885 bits per heavy atom. The second-order valence-electron chi connectivity index (χ2n) is 13.7. The minimum absolute atomic E-state index is 1.15. The van der Waals surface area contributed by atoms with Crippen LogP contribution < -0.4 is 0 Å². The lowest BCUT2D eigenvalue weighted by Gasteiger charge is -2.19. The molecule has 3 nitrogen and oxygen atoms in total. The smallest absolute Gasteiger partial charge is 0.0681 e. The summed E-state index contributed by atoms with van der Waals surface area (Å²) >= 11 is 1.87. The molecule has 4 heteroatoms. The highest BCUT2D eigenvalue weighted by Gasteiger charge is 2.24. The summed E-state index contributed by atoms with van der Waals surface area (Å²) in [7, 11) is 0. The summed E-state index contributed by atoms with van der Waals surface area (Å²) in [6, 6.07) is 64.6. The number of aromatic nitrogens is 3. The van der Waals surface area contributed by atoms with Crippen molar-refractivity contribution in [3.8, 4) is 28.2 Å². The normalized spacial score (nSPS) is 12.5. The van der Waals surface area contributed by atoms with E-state index in [-0.39, 0.29) is 0 Å². The van der Waals surface area contributed by atoms with Crippen molar-refractivity contribution < 1.29 is 0 Å². The van der Waals surface area contributed by atoms with Crippen molar-refractivity contribution in [2.45, 2.75) is 9.79 Å². The third-order valence-corrected chi connectivity index (χ3v) is 12.1. The van der Waals surface area contributed by atoms with E-state index in [0.29, 0.717) is 0 Å². The number of hydrogen-bond acceptors (Lipinski definition) is 1. The first-order valence-electron chi connectivity index (χ1n) is 17.8. The zero-order valence-electron chi connectivity index (χ0n) is 28.0. The molecular weight excluding hydrogens is 651 g/mol. The molecule has 4 heterocycles. The fraction of sp³-hybridized carbons (Fsp3) is 0. The van der Waals surface area contributed by atoms with Gasteiger partial charge in [-0.1, -0.05) is 115 Å². The first-order chi connectivity index (χ1) is 25.8. The van der Waals surface area contributed by atoms with Gasteiger partial charge in [0.1, 0.15) is 0 Å². The molecule has 3 aromatic heterocycles. The monoisotopic (exact) mass is 679 g/mol. The van der Waals surface area contributed by atoms with Gasteiger partial charge in [0.05, 0.1) is 38.8 Å². The van der Waals surface area contributed by atoms with Crippen LogP contribution in [0.1, 0.15) is 0 Å². The number of hydrogen-bond donors (Lipinski definition) is 0. The molecule has 1 aliphatic rings. The molecule has 0 spiro atoms. The van der Waals surface area contributed by atoms with Crippen molar-refractivity contribution in [1.29, 1.82) is 0 Å². The molecule has 242 valence electrons. The Labute approximate surface area is 303 Å². The molecular formula is C48H29N3S. The van der Waals surface area contributed by atoms with Crippen LogP contribution in [0, 0.1) is 0 Å². The molecule has 0 unspecified atom stereocenters. The summed E-state index contributed by atoms with van der Waals surface area (Å²) in [5.74, 6) is 0. The van der Waals surface area contributed by atoms with Crippen LogP contribution in [0.15, 0.2) is 186 Å². The molecule has 52 heavy (non-hydrogen) atoms. The van der Waals surface area contributed by atoms with Crippen LogP contribution in [0.4, 0.5) is 0 Å². The fourth-order valence-corrected chi connectivity index (χ4v) is 9.97. The van der Waals surface area contributed by atoms with E-state index < -0.39 is 0 Å². The molecule has 0 saturated heterocycles. The molecule has 1 aliphatic heterocycles. The number of nitrogens with zero attached hydrogens (tertiary/aromatic N) is 3.